The van der Waals surface area contributed by atoms with Gasteiger partial charge in [0.1, 0.15) is 10.0 Å². The fourth-order valence-electron chi connectivity index (χ4n) is 1.79. The van der Waals surface area contributed by atoms with Crippen LogP contribution in [0.1, 0.15) is 27.7 Å². The van der Waals surface area contributed by atoms with Gasteiger partial charge in [0.15, 0.2) is 0 Å². The van der Waals surface area contributed by atoms with Crippen LogP contribution in [0.4, 0.5) is 0 Å². The van der Waals surface area contributed by atoms with E-state index < -0.39 is 10.0 Å². The minimum Gasteiger partial charge on any atom is -0.243 e. The van der Waals surface area contributed by atoms with Gasteiger partial charge in [-0.05, 0) is 24.0 Å². The van der Waals surface area contributed by atoms with Crippen molar-refractivity contribution < 1.29 is 8.42 Å². The van der Waals surface area contributed by atoms with E-state index in [2.05, 4.69) is 4.98 Å². The maximum Gasteiger partial charge on any atom is 0.246 e. The predicted octanol–water partition coefficient (Wildman–Crippen LogP) is 3.04. The molecule has 108 valence electrons. The van der Waals surface area contributed by atoms with Crippen molar-refractivity contribution in [3.63, 3.8) is 0 Å². The molecule has 0 N–H and O–H groups in total. The van der Waals surface area contributed by atoms with E-state index in [1.807, 2.05) is 27.7 Å². The number of sulfonamides is 1. The third kappa shape index (κ3) is 4.44. The van der Waals surface area contributed by atoms with Gasteiger partial charge in [0, 0.05) is 19.3 Å². The summed E-state index contributed by atoms with van der Waals surface area (Å²) in [6.45, 7) is 8.93. The van der Waals surface area contributed by atoms with Crippen molar-refractivity contribution in [2.24, 2.45) is 11.8 Å². The average Bonchev–Trinajstić information content (AvgIpc) is 2.27. The molecule has 1 aromatic rings. The molecule has 0 saturated carbocycles. The van der Waals surface area contributed by atoms with Crippen molar-refractivity contribution in [2.45, 2.75) is 32.6 Å². The maximum absolute atomic E-state index is 12.6. The zero-order valence-electron chi connectivity index (χ0n) is 11.8. The molecule has 0 amide bonds. The van der Waals surface area contributed by atoms with E-state index in [9.17, 15) is 8.42 Å². The van der Waals surface area contributed by atoms with Gasteiger partial charge in [-0.2, -0.15) is 4.31 Å². The van der Waals surface area contributed by atoms with E-state index in [-0.39, 0.29) is 21.9 Å². The summed E-state index contributed by atoms with van der Waals surface area (Å²) in [7, 11) is -3.58. The summed E-state index contributed by atoms with van der Waals surface area (Å²) >= 11 is 5.91. The summed E-state index contributed by atoms with van der Waals surface area (Å²) in [5.74, 6) is 0.507. The summed E-state index contributed by atoms with van der Waals surface area (Å²) in [6.07, 6.45) is 1.48. The van der Waals surface area contributed by atoms with Crippen LogP contribution in [0.3, 0.4) is 0 Å². The minimum absolute atomic E-state index is 0.0278. The average molecular weight is 305 g/mol. The van der Waals surface area contributed by atoms with Gasteiger partial charge in [0.05, 0.1) is 0 Å². The van der Waals surface area contributed by atoms with Crippen molar-refractivity contribution in [1.29, 1.82) is 0 Å². The number of rotatable bonds is 6. The Bertz CT molecular complexity index is 505. The summed E-state index contributed by atoms with van der Waals surface area (Å²) in [4.78, 5) is 3.93. The van der Waals surface area contributed by atoms with E-state index in [1.165, 1.54) is 16.6 Å². The molecule has 0 aliphatic rings. The zero-order valence-corrected chi connectivity index (χ0v) is 13.4. The topological polar surface area (TPSA) is 50.3 Å². The van der Waals surface area contributed by atoms with Crippen LogP contribution >= 0.6 is 11.6 Å². The predicted molar refractivity (Wildman–Crippen MR) is 77.7 cm³/mol. The molecule has 0 radical (unpaired) electrons. The Kier molecular flexibility index (Phi) is 5.77. The highest BCUT2D eigenvalue weighted by molar-refractivity contribution is 7.89. The Labute approximate surface area is 120 Å². The maximum atomic E-state index is 12.6. The van der Waals surface area contributed by atoms with Gasteiger partial charge in [-0.25, -0.2) is 13.4 Å². The fraction of sp³-hybridized carbons (Fsp3) is 0.615. The van der Waals surface area contributed by atoms with E-state index in [0.29, 0.717) is 13.1 Å². The lowest BCUT2D eigenvalue weighted by atomic mass is 10.2. The van der Waals surface area contributed by atoms with Crippen LogP contribution in [-0.2, 0) is 10.0 Å². The Morgan fingerprint density at radius 1 is 1.21 bits per heavy atom. The molecular weight excluding hydrogens is 284 g/mol. The highest BCUT2D eigenvalue weighted by Gasteiger charge is 2.28. The van der Waals surface area contributed by atoms with Crippen LogP contribution in [0.15, 0.2) is 23.2 Å². The highest BCUT2D eigenvalue weighted by Crippen LogP contribution is 2.23. The largest absolute Gasteiger partial charge is 0.246 e. The number of hydrogen-bond donors (Lipinski definition) is 0. The minimum atomic E-state index is -3.58. The van der Waals surface area contributed by atoms with E-state index in [1.54, 1.807) is 6.07 Å². The van der Waals surface area contributed by atoms with Crippen molar-refractivity contribution in [3.05, 3.63) is 23.5 Å². The molecule has 0 aliphatic carbocycles. The second kappa shape index (κ2) is 6.68. The zero-order chi connectivity index (χ0) is 14.6. The number of nitrogens with zero attached hydrogens (tertiary/aromatic N) is 2. The molecule has 0 unspecified atom stereocenters. The Morgan fingerprint density at radius 2 is 1.74 bits per heavy atom. The monoisotopic (exact) mass is 304 g/mol. The molecule has 19 heavy (non-hydrogen) atoms. The molecule has 0 saturated heterocycles. The lowest BCUT2D eigenvalue weighted by molar-refractivity contribution is 0.333. The lowest BCUT2D eigenvalue weighted by Gasteiger charge is -2.25. The smallest absolute Gasteiger partial charge is 0.243 e. The van der Waals surface area contributed by atoms with Crippen LogP contribution in [0.25, 0.3) is 0 Å². The first-order valence-electron chi connectivity index (χ1n) is 6.35. The first kappa shape index (κ1) is 16.4. The van der Waals surface area contributed by atoms with Gasteiger partial charge < -0.3 is 0 Å². The highest BCUT2D eigenvalue weighted by atomic mass is 35.5. The van der Waals surface area contributed by atoms with Crippen LogP contribution in [0.5, 0.6) is 0 Å². The molecule has 0 spiro atoms. The van der Waals surface area contributed by atoms with E-state index in [4.69, 9.17) is 11.6 Å². The molecule has 0 aromatic carbocycles. The molecule has 0 fully saturated rings. The Balaban J connectivity index is 3.16. The Morgan fingerprint density at radius 3 is 2.16 bits per heavy atom. The van der Waals surface area contributed by atoms with E-state index >= 15 is 0 Å². The molecule has 4 nitrogen and oxygen atoms in total. The quantitative estimate of drug-likeness (QED) is 0.759. The van der Waals surface area contributed by atoms with Crippen molar-refractivity contribution in [2.75, 3.05) is 13.1 Å². The second-order valence-corrected chi connectivity index (χ2v) is 7.67. The van der Waals surface area contributed by atoms with Crippen molar-refractivity contribution in [1.82, 2.24) is 9.29 Å². The van der Waals surface area contributed by atoms with Gasteiger partial charge in [-0.15, -0.1) is 0 Å². The molecule has 0 aliphatic heterocycles. The normalized spacial score (nSPS) is 12.6. The van der Waals surface area contributed by atoms with Crippen LogP contribution in [0, 0.1) is 11.8 Å². The van der Waals surface area contributed by atoms with Gasteiger partial charge >= 0.3 is 0 Å². The first-order chi connectivity index (χ1) is 8.75. The molecule has 1 heterocycles. The third-order valence-corrected chi connectivity index (χ3v) is 4.76. The van der Waals surface area contributed by atoms with E-state index in [0.717, 1.165) is 0 Å². The molecule has 0 bridgehead atoms. The van der Waals surface area contributed by atoms with Crippen LogP contribution in [0.2, 0.25) is 5.15 Å². The van der Waals surface area contributed by atoms with Crippen LogP contribution < -0.4 is 0 Å². The summed E-state index contributed by atoms with van der Waals surface area (Å²) in [5, 5.41) is 0.0278. The second-order valence-electron chi connectivity index (χ2n) is 5.40. The standard InChI is InChI=1S/C13H21ClN2O2S/c1-10(2)8-16(9-11(3)4)19(17,18)12-6-5-7-15-13(12)14/h5-7,10-11H,8-9H2,1-4H3. The molecule has 0 atom stereocenters. The van der Waals surface area contributed by atoms with Crippen molar-refractivity contribution >= 4 is 21.6 Å². The molecule has 1 aromatic heterocycles. The lowest BCUT2D eigenvalue weighted by Crippen LogP contribution is -2.37. The number of pyridine rings is 1. The molecule has 6 heteroatoms. The SMILES string of the molecule is CC(C)CN(CC(C)C)S(=O)(=O)c1cccnc1Cl. The summed E-state index contributed by atoms with van der Waals surface area (Å²) in [5.41, 5.74) is 0. The number of hydrogen-bond acceptors (Lipinski definition) is 3. The summed E-state index contributed by atoms with van der Waals surface area (Å²) in [6, 6.07) is 3.08. The number of halogens is 1. The third-order valence-electron chi connectivity index (χ3n) is 2.48. The Hall–Kier alpha value is -0.650. The van der Waals surface area contributed by atoms with Gasteiger partial charge in [0.2, 0.25) is 10.0 Å². The molecule has 1 rings (SSSR count). The van der Waals surface area contributed by atoms with Crippen LogP contribution in [-0.4, -0.2) is 30.8 Å². The fourth-order valence-corrected chi connectivity index (χ4v) is 3.98. The van der Waals surface area contributed by atoms with Crippen molar-refractivity contribution in [3.8, 4) is 0 Å². The molecular formula is C13H21ClN2O2S. The van der Waals surface area contributed by atoms with Gasteiger partial charge in [-0.1, -0.05) is 39.3 Å². The first-order valence-corrected chi connectivity index (χ1v) is 8.17. The summed E-state index contributed by atoms with van der Waals surface area (Å²) < 4.78 is 26.7. The van der Waals surface area contributed by atoms with Gasteiger partial charge in [-0.3, -0.25) is 0 Å². The van der Waals surface area contributed by atoms with Gasteiger partial charge in [0.25, 0.3) is 0 Å². The number of aromatic nitrogens is 1.